The number of carboxylic acid groups (broad SMARTS) is 1. The predicted octanol–water partition coefficient (Wildman–Crippen LogP) is 3.06. The molecule has 0 amide bonds. The number of methoxy groups -OCH3 is 1. The van der Waals surface area contributed by atoms with E-state index in [-0.39, 0.29) is 3.57 Å². The van der Waals surface area contributed by atoms with E-state index in [4.69, 9.17) is 15.6 Å². The third-order valence-corrected chi connectivity index (χ3v) is 3.66. The van der Waals surface area contributed by atoms with Gasteiger partial charge in [0, 0.05) is 5.56 Å². The van der Waals surface area contributed by atoms with Crippen LogP contribution in [0.4, 0.5) is 18.9 Å². The Morgan fingerprint density at radius 3 is 2.45 bits per heavy atom. The van der Waals surface area contributed by atoms with Crippen molar-refractivity contribution < 1.29 is 27.8 Å². The summed E-state index contributed by atoms with van der Waals surface area (Å²) in [5.41, 5.74) is 2.88. The second-order valence-corrected chi connectivity index (χ2v) is 5.26. The number of benzene rings is 1. The summed E-state index contributed by atoms with van der Waals surface area (Å²) in [4.78, 5) is 14.7. The van der Waals surface area contributed by atoms with Crippen LogP contribution in [0, 0.1) is 21.0 Å². The summed E-state index contributed by atoms with van der Waals surface area (Å²) in [5.74, 6) is -5.76. The quantitative estimate of drug-likeness (QED) is 0.585. The minimum absolute atomic E-state index is 0.0146. The average molecular weight is 424 g/mol. The van der Waals surface area contributed by atoms with E-state index in [1.165, 1.54) is 6.07 Å². The average Bonchev–Trinajstić information content (AvgIpc) is 2.48. The van der Waals surface area contributed by atoms with Gasteiger partial charge in [0.15, 0.2) is 28.9 Å². The Labute approximate surface area is 136 Å². The lowest BCUT2D eigenvalue weighted by Gasteiger charge is -2.13. The SMILES string of the molecule is COc1c(C(=O)O)nc(-c2ccc(I)c(F)c2F)c(F)c1N. The molecule has 1 heterocycles. The number of hydrogen-bond donors (Lipinski definition) is 2. The number of nitrogens with zero attached hydrogens (tertiary/aromatic N) is 1. The van der Waals surface area contributed by atoms with Gasteiger partial charge < -0.3 is 15.6 Å². The third-order valence-electron chi connectivity index (χ3n) is 2.82. The molecule has 2 rings (SSSR count). The summed E-state index contributed by atoms with van der Waals surface area (Å²) in [6.07, 6.45) is 0. The minimum atomic E-state index is -1.55. The number of hydrogen-bond acceptors (Lipinski definition) is 4. The van der Waals surface area contributed by atoms with Crippen LogP contribution < -0.4 is 10.5 Å². The maximum Gasteiger partial charge on any atom is 0.358 e. The van der Waals surface area contributed by atoms with E-state index in [0.29, 0.717) is 0 Å². The van der Waals surface area contributed by atoms with Gasteiger partial charge in [-0.15, -0.1) is 0 Å². The molecule has 9 heteroatoms. The normalized spacial score (nSPS) is 10.6. The molecule has 1 aromatic heterocycles. The van der Waals surface area contributed by atoms with Gasteiger partial charge in [0.1, 0.15) is 11.4 Å². The molecule has 0 unspecified atom stereocenters. The molecule has 0 aliphatic carbocycles. The number of ether oxygens (including phenoxy) is 1. The Hall–Kier alpha value is -2.04. The zero-order valence-electron chi connectivity index (χ0n) is 11.0. The summed E-state index contributed by atoms with van der Waals surface area (Å²) >= 11 is 1.56. The highest BCUT2D eigenvalue weighted by atomic mass is 127. The van der Waals surface area contributed by atoms with Crippen molar-refractivity contribution in [2.45, 2.75) is 0 Å². The highest BCUT2D eigenvalue weighted by Crippen LogP contribution is 2.35. The Morgan fingerprint density at radius 2 is 1.91 bits per heavy atom. The molecule has 0 fully saturated rings. The van der Waals surface area contributed by atoms with Gasteiger partial charge in [0.2, 0.25) is 0 Å². The molecule has 0 spiro atoms. The fraction of sp³-hybridized carbons (Fsp3) is 0.0769. The van der Waals surface area contributed by atoms with Crippen LogP contribution in [0.25, 0.3) is 11.3 Å². The summed E-state index contributed by atoms with van der Waals surface area (Å²) in [6, 6.07) is 2.29. The lowest BCUT2D eigenvalue weighted by atomic mass is 10.1. The molecular weight excluding hydrogens is 416 g/mol. The van der Waals surface area contributed by atoms with Gasteiger partial charge in [0.25, 0.3) is 0 Å². The highest BCUT2D eigenvalue weighted by Gasteiger charge is 2.26. The number of carbonyl (C=O) groups is 1. The van der Waals surface area contributed by atoms with Gasteiger partial charge in [-0.1, -0.05) is 0 Å². The molecule has 5 nitrogen and oxygen atoms in total. The Balaban J connectivity index is 2.82. The van der Waals surface area contributed by atoms with Gasteiger partial charge in [-0.3, -0.25) is 0 Å². The first-order valence-corrected chi connectivity index (χ1v) is 6.77. The van der Waals surface area contributed by atoms with Crippen molar-refractivity contribution in [2.75, 3.05) is 12.8 Å². The zero-order chi connectivity index (χ0) is 16.6. The first-order valence-electron chi connectivity index (χ1n) is 5.69. The Bertz CT molecular complexity index is 784. The minimum Gasteiger partial charge on any atom is -0.492 e. The van der Waals surface area contributed by atoms with Crippen molar-refractivity contribution in [1.82, 2.24) is 4.98 Å². The zero-order valence-corrected chi connectivity index (χ0v) is 13.1. The van der Waals surface area contributed by atoms with Crippen molar-refractivity contribution in [3.8, 4) is 17.0 Å². The number of nitrogens with two attached hydrogens (primary N) is 1. The van der Waals surface area contributed by atoms with Gasteiger partial charge in [-0.25, -0.2) is 22.9 Å². The van der Waals surface area contributed by atoms with Crippen LogP contribution in [0.3, 0.4) is 0 Å². The first kappa shape index (κ1) is 16.3. The lowest BCUT2D eigenvalue weighted by molar-refractivity contribution is 0.0686. The largest absolute Gasteiger partial charge is 0.492 e. The van der Waals surface area contributed by atoms with Crippen LogP contribution in [0.5, 0.6) is 5.75 Å². The molecule has 0 aliphatic rings. The molecule has 2 aromatic rings. The second-order valence-electron chi connectivity index (χ2n) is 4.10. The van der Waals surface area contributed by atoms with E-state index in [1.54, 1.807) is 22.6 Å². The number of rotatable bonds is 3. The Morgan fingerprint density at radius 1 is 1.27 bits per heavy atom. The molecule has 0 atom stereocenters. The van der Waals surface area contributed by atoms with Crippen LogP contribution in [0.15, 0.2) is 12.1 Å². The number of nitrogen functional groups attached to an aromatic ring is 1. The van der Waals surface area contributed by atoms with E-state index >= 15 is 0 Å². The van der Waals surface area contributed by atoms with Crippen LogP contribution in [0.1, 0.15) is 10.5 Å². The van der Waals surface area contributed by atoms with Crippen molar-refractivity contribution in [1.29, 1.82) is 0 Å². The predicted molar refractivity (Wildman–Crippen MR) is 80.2 cm³/mol. The van der Waals surface area contributed by atoms with Crippen LogP contribution >= 0.6 is 22.6 Å². The lowest BCUT2D eigenvalue weighted by Crippen LogP contribution is -2.11. The smallest absolute Gasteiger partial charge is 0.358 e. The summed E-state index contributed by atoms with van der Waals surface area (Å²) in [7, 11) is 1.09. The van der Waals surface area contributed by atoms with E-state index in [1.807, 2.05) is 0 Å². The molecule has 22 heavy (non-hydrogen) atoms. The van der Waals surface area contributed by atoms with Crippen molar-refractivity contribution in [3.63, 3.8) is 0 Å². The third kappa shape index (κ3) is 2.56. The monoisotopic (exact) mass is 424 g/mol. The molecule has 0 saturated carbocycles. The fourth-order valence-electron chi connectivity index (χ4n) is 1.81. The molecule has 0 bridgehead atoms. The van der Waals surface area contributed by atoms with E-state index in [9.17, 15) is 18.0 Å². The maximum absolute atomic E-state index is 14.2. The standard InChI is InChI=1S/C13H8F3IN2O3/c1-22-12-9(18)8(16)10(19-11(12)13(20)21)4-2-3-5(17)7(15)6(4)14/h2-3H,1H3,(H2,18,19)(H,20,21). The number of pyridine rings is 1. The van der Waals surface area contributed by atoms with Gasteiger partial charge in [0.05, 0.1) is 10.7 Å². The van der Waals surface area contributed by atoms with Crippen molar-refractivity contribution >= 4 is 34.2 Å². The molecule has 1 aromatic carbocycles. The molecule has 0 saturated heterocycles. The molecule has 116 valence electrons. The van der Waals surface area contributed by atoms with Crippen LogP contribution in [0.2, 0.25) is 0 Å². The number of aromatic carboxylic acids is 1. The van der Waals surface area contributed by atoms with E-state index < -0.39 is 51.8 Å². The maximum atomic E-state index is 14.2. The molecular formula is C13H8F3IN2O3. The van der Waals surface area contributed by atoms with Crippen LogP contribution in [-0.4, -0.2) is 23.2 Å². The summed E-state index contributed by atoms with van der Waals surface area (Å²) in [6.45, 7) is 0. The molecule has 0 aliphatic heterocycles. The number of halogens is 4. The first-order chi connectivity index (χ1) is 10.3. The number of aromatic nitrogens is 1. The summed E-state index contributed by atoms with van der Waals surface area (Å²) in [5, 5.41) is 9.06. The van der Waals surface area contributed by atoms with Gasteiger partial charge in [-0.05, 0) is 34.7 Å². The van der Waals surface area contributed by atoms with Crippen LogP contribution in [-0.2, 0) is 0 Å². The van der Waals surface area contributed by atoms with Gasteiger partial charge in [-0.2, -0.15) is 0 Å². The van der Waals surface area contributed by atoms with E-state index in [2.05, 4.69) is 4.98 Å². The van der Waals surface area contributed by atoms with Crippen molar-refractivity contribution in [2.24, 2.45) is 0 Å². The topological polar surface area (TPSA) is 85.4 Å². The molecule has 0 radical (unpaired) electrons. The second kappa shape index (κ2) is 5.99. The van der Waals surface area contributed by atoms with Gasteiger partial charge >= 0.3 is 5.97 Å². The number of anilines is 1. The highest BCUT2D eigenvalue weighted by molar-refractivity contribution is 14.1. The fourth-order valence-corrected chi connectivity index (χ4v) is 2.22. The Kier molecular flexibility index (Phi) is 4.44. The van der Waals surface area contributed by atoms with E-state index in [0.717, 1.165) is 13.2 Å². The molecule has 3 N–H and O–H groups in total. The number of carboxylic acids is 1. The van der Waals surface area contributed by atoms with Crippen molar-refractivity contribution in [3.05, 3.63) is 38.8 Å². The summed E-state index contributed by atoms with van der Waals surface area (Å²) < 4.78 is 46.5.